The second kappa shape index (κ2) is 18.2. The van der Waals surface area contributed by atoms with Crippen molar-refractivity contribution < 1.29 is 16.3 Å². The number of fused-ring (bicyclic) bond motifs is 8. The lowest BCUT2D eigenvalue weighted by Crippen LogP contribution is -2.25. The van der Waals surface area contributed by atoms with Crippen LogP contribution in [0.4, 0.5) is 27.1 Å². The summed E-state index contributed by atoms with van der Waals surface area (Å²) in [6.07, 6.45) is -0.106. The van der Waals surface area contributed by atoms with Gasteiger partial charge in [-0.25, -0.2) is 9.37 Å². The number of aromatic nitrogens is 2. The van der Waals surface area contributed by atoms with Gasteiger partial charge in [0.15, 0.2) is 0 Å². The highest BCUT2D eigenvalue weighted by Gasteiger charge is 2.33. The molecule has 0 spiro atoms. The average Bonchev–Trinajstić information content (AvgIpc) is 4.30. The fourth-order valence-electron chi connectivity index (χ4n) is 11.0. The van der Waals surface area contributed by atoms with Crippen LogP contribution < -0.4 is 14.5 Å². The molecule has 7 heteroatoms. The van der Waals surface area contributed by atoms with Gasteiger partial charge in [-0.2, -0.15) is 0 Å². The summed E-state index contributed by atoms with van der Waals surface area (Å²) in [5.41, 5.74) is 14.3. The number of anilines is 4. The number of nitrogens with zero attached hydrogens (tertiary/aromatic N) is 4. The number of rotatable bonds is 9. The van der Waals surface area contributed by atoms with Gasteiger partial charge in [-0.3, -0.25) is 4.57 Å². The van der Waals surface area contributed by atoms with Crippen LogP contribution in [-0.2, 0) is 11.8 Å². The first-order valence-corrected chi connectivity index (χ1v) is 26.0. The Morgan fingerprint density at radius 3 is 1.89 bits per heavy atom. The van der Waals surface area contributed by atoms with Gasteiger partial charge < -0.3 is 19.0 Å². The van der Waals surface area contributed by atoms with Gasteiger partial charge in [-0.15, -0.1) is 0 Å². The van der Waals surface area contributed by atoms with Crippen molar-refractivity contribution in [3.63, 3.8) is 0 Å². The monoisotopic (exact) mass is 994 g/mol. The second-order valence-corrected chi connectivity index (χ2v) is 21.9. The Balaban J connectivity index is 0.935. The van der Waals surface area contributed by atoms with Crippen LogP contribution in [0, 0.1) is 11.2 Å². The quantitative estimate of drug-likeness (QED) is 0.144. The molecule has 0 aliphatic carbocycles. The number of benzene rings is 9. The van der Waals surface area contributed by atoms with Crippen LogP contribution in [0.3, 0.4) is 0 Å². The number of pyridine rings is 1. The van der Waals surface area contributed by atoms with Crippen molar-refractivity contribution in [3.05, 3.63) is 229 Å². The third kappa shape index (κ3) is 8.33. The molecule has 0 unspecified atom stereocenters. The maximum Gasteiger partial charge on any atom is 0.145 e. The molecule has 13 rings (SSSR count). The molecule has 76 heavy (non-hydrogen) atoms. The lowest BCUT2D eigenvalue weighted by molar-refractivity contribution is 0.411. The minimum absolute atomic E-state index is 0.0923. The molecule has 0 saturated carbocycles. The summed E-state index contributed by atoms with van der Waals surface area (Å²) in [4.78, 5) is 9.92. The first-order chi connectivity index (χ1) is 37.6. The minimum atomic E-state index is -1.82. The van der Waals surface area contributed by atoms with E-state index in [9.17, 15) is 7.13 Å². The fourth-order valence-corrected chi connectivity index (χ4v) is 11.0. The molecule has 372 valence electrons. The van der Waals surface area contributed by atoms with Crippen molar-refractivity contribution in [1.82, 2.24) is 9.55 Å². The maximum absolute atomic E-state index is 14.3. The molecular weight excluding hydrogens is 936 g/mol. The van der Waals surface area contributed by atoms with E-state index < -0.39 is 11.8 Å². The first-order valence-electron chi connectivity index (χ1n) is 27.0. The van der Waals surface area contributed by atoms with Gasteiger partial charge in [-0.05, 0) is 130 Å². The molecule has 1 aliphatic rings. The highest BCUT2D eigenvalue weighted by Crippen LogP contribution is 2.52. The van der Waals surface area contributed by atoms with Crippen molar-refractivity contribution >= 4 is 66.5 Å². The predicted octanol–water partition coefficient (Wildman–Crippen LogP) is 19.1. The molecule has 0 bridgehead atoms. The molecule has 3 aromatic heterocycles. The minimum Gasteiger partial charge on any atom is -0.457 e. The molecule has 1 aliphatic heterocycles. The number of halogens is 1. The summed E-state index contributed by atoms with van der Waals surface area (Å²) < 4.78 is 49.3. The van der Waals surface area contributed by atoms with E-state index in [1.807, 2.05) is 69.3 Å². The van der Waals surface area contributed by atoms with E-state index in [1.165, 1.54) is 28.8 Å². The van der Waals surface area contributed by atoms with Crippen LogP contribution in [0.2, 0.25) is 0 Å². The zero-order chi connectivity index (χ0) is 53.7. The highest BCUT2D eigenvalue weighted by atomic mass is 19.1. The van der Waals surface area contributed by atoms with Crippen molar-refractivity contribution in [2.45, 2.75) is 53.3 Å². The number of para-hydroxylation sites is 3. The maximum atomic E-state index is 14.3. The Bertz CT molecular complexity index is 4230. The van der Waals surface area contributed by atoms with Crippen LogP contribution in [-0.4, -0.2) is 16.2 Å². The van der Waals surface area contributed by atoms with Gasteiger partial charge in [0.1, 0.15) is 41.0 Å². The molecule has 6 nitrogen and oxygen atoms in total. The van der Waals surface area contributed by atoms with Crippen LogP contribution in [0.15, 0.2) is 217 Å². The lowest BCUT2D eigenvalue weighted by atomic mass is 9.82. The summed E-state index contributed by atoms with van der Waals surface area (Å²) >= 11 is 0. The normalized spacial score (nSPS) is 13.5. The molecule has 4 heterocycles. The van der Waals surface area contributed by atoms with Crippen LogP contribution in [0.5, 0.6) is 11.5 Å². The van der Waals surface area contributed by atoms with Gasteiger partial charge in [0.2, 0.25) is 0 Å². The third-order valence-electron chi connectivity index (χ3n) is 14.6. The molecule has 9 aromatic carbocycles. The summed E-state index contributed by atoms with van der Waals surface area (Å²) in [6, 6.07) is 69.5. The Labute approximate surface area is 445 Å². The van der Waals surface area contributed by atoms with Gasteiger partial charge in [0.25, 0.3) is 0 Å². The average molecular weight is 995 g/mol. The van der Waals surface area contributed by atoms with E-state index in [0.717, 1.165) is 77.6 Å². The highest BCUT2D eigenvalue weighted by molar-refractivity contribution is 6.24. The fraction of sp³-hybridized carbons (Fsp3) is 0.145. The summed E-state index contributed by atoms with van der Waals surface area (Å²) in [5.74, 6) is 1.43. The smallest absolute Gasteiger partial charge is 0.145 e. The third-order valence-corrected chi connectivity index (χ3v) is 14.6. The SMILES string of the molecule is [2H]C([2H])(c1cc(-n2c3cc(Oc4cccc(N5CN(c6c(-c7ccccc7)cc(C(C)(C)C)cc6-c6ccccc6)c6ccccc65)c4)ccc3c3c4oc5ccccc5c4ccc32)ncc1-c1ccc(F)cc1)C(C)(C)C. The number of furan rings is 1. The summed E-state index contributed by atoms with van der Waals surface area (Å²) in [5, 5.41) is 3.85. The second-order valence-electron chi connectivity index (χ2n) is 21.9. The van der Waals surface area contributed by atoms with Crippen molar-refractivity contribution in [2.75, 3.05) is 16.5 Å². The topological polar surface area (TPSA) is 46.7 Å². The van der Waals surface area contributed by atoms with E-state index in [0.29, 0.717) is 40.7 Å². The van der Waals surface area contributed by atoms with Crippen LogP contribution in [0.1, 0.15) is 55.4 Å². The number of hydrogen-bond acceptors (Lipinski definition) is 5. The Hall–Kier alpha value is -8.94. The number of hydrogen-bond donors (Lipinski definition) is 0. The molecule has 0 fully saturated rings. The Kier molecular flexibility index (Phi) is 10.6. The summed E-state index contributed by atoms with van der Waals surface area (Å²) in [7, 11) is 0. The molecule has 0 N–H and O–H groups in total. The standard InChI is InChI=1S/C69H57FN4O2/c1-68(2,3)41-47-36-64(71-42-58(47)46-28-30-49(70)31-29-46)74-61-35-34-54-53-24-13-16-27-63(53)76-67(54)65(61)55-33-32-52(40-62(55)74)75-51-23-17-22-50(39-51)72-43-73(60-26-15-14-25-59(60)72)66-56(44-18-9-7-10-19-44)37-48(69(4,5)6)38-57(66)45-20-11-8-12-21-45/h7-40,42H,41,43H2,1-6H3/i41D2. The van der Waals surface area contributed by atoms with E-state index in [4.69, 9.17) is 14.1 Å². The predicted molar refractivity (Wildman–Crippen MR) is 313 cm³/mol. The Morgan fingerprint density at radius 2 is 1.20 bits per heavy atom. The van der Waals surface area contributed by atoms with Crippen LogP contribution >= 0.6 is 0 Å². The van der Waals surface area contributed by atoms with Crippen LogP contribution in [0.25, 0.3) is 82.9 Å². The number of ether oxygens (including phenoxy) is 1. The zero-order valence-electron chi connectivity index (χ0n) is 45.4. The largest absolute Gasteiger partial charge is 0.457 e. The van der Waals surface area contributed by atoms with Gasteiger partial charge >= 0.3 is 0 Å². The van der Waals surface area contributed by atoms with Crippen molar-refractivity contribution in [1.29, 1.82) is 0 Å². The molecule has 0 amide bonds. The van der Waals surface area contributed by atoms with Gasteiger partial charge in [0.05, 0.1) is 33.5 Å². The van der Waals surface area contributed by atoms with Crippen molar-refractivity contribution in [3.8, 4) is 50.7 Å². The van der Waals surface area contributed by atoms with Gasteiger partial charge in [-0.1, -0.05) is 151 Å². The van der Waals surface area contributed by atoms with E-state index in [-0.39, 0.29) is 11.2 Å². The lowest BCUT2D eigenvalue weighted by Gasteiger charge is -2.30. The molecule has 0 saturated heterocycles. The molecule has 12 aromatic rings. The molecule has 0 atom stereocenters. The molecular formula is C69H57FN4O2. The van der Waals surface area contributed by atoms with Crippen molar-refractivity contribution in [2.24, 2.45) is 5.41 Å². The van der Waals surface area contributed by atoms with E-state index in [1.54, 1.807) is 18.3 Å². The summed E-state index contributed by atoms with van der Waals surface area (Å²) in [6.45, 7) is 13.1. The molecule has 0 radical (unpaired) electrons. The first kappa shape index (κ1) is 44.5. The van der Waals surface area contributed by atoms with E-state index >= 15 is 0 Å². The Morgan fingerprint density at radius 1 is 0.566 bits per heavy atom. The van der Waals surface area contributed by atoms with Gasteiger partial charge in [0, 0.05) is 59.6 Å². The zero-order valence-corrected chi connectivity index (χ0v) is 43.4. The van der Waals surface area contributed by atoms with E-state index in [2.05, 4.69) is 169 Å².